The van der Waals surface area contributed by atoms with Crippen molar-refractivity contribution in [2.45, 2.75) is 33.0 Å². The van der Waals surface area contributed by atoms with Crippen molar-refractivity contribution < 1.29 is 0 Å². The van der Waals surface area contributed by atoms with Gasteiger partial charge in [0.05, 0.1) is 12.9 Å². The molecular weight excluding hydrogens is 342 g/mol. The van der Waals surface area contributed by atoms with E-state index < -0.39 is 0 Å². The Balaban J connectivity index is 1.51. The summed E-state index contributed by atoms with van der Waals surface area (Å²) >= 11 is 1.85. The lowest BCUT2D eigenvalue weighted by atomic mass is 10.1. The third-order valence-corrected chi connectivity index (χ3v) is 5.32. The molecule has 0 aliphatic carbocycles. The second-order valence-corrected chi connectivity index (χ2v) is 7.31. The van der Waals surface area contributed by atoms with Crippen molar-refractivity contribution in [3.63, 3.8) is 0 Å². The van der Waals surface area contributed by atoms with Gasteiger partial charge in [0.1, 0.15) is 0 Å². The molecule has 0 saturated carbocycles. The first-order chi connectivity index (χ1) is 12.8. The van der Waals surface area contributed by atoms with Gasteiger partial charge in [-0.2, -0.15) is 0 Å². The molecular formula is C20H25N5S. The van der Waals surface area contributed by atoms with Crippen molar-refractivity contribution in [2.75, 3.05) is 7.05 Å². The maximum atomic E-state index is 4.32. The molecule has 0 radical (unpaired) electrons. The number of aliphatic imine (C=N–C) groups is 1. The minimum Gasteiger partial charge on any atom is -0.352 e. The van der Waals surface area contributed by atoms with Crippen LogP contribution in [-0.2, 0) is 26.1 Å². The van der Waals surface area contributed by atoms with Gasteiger partial charge in [0.2, 0.25) is 0 Å². The number of aromatic nitrogens is 2. The van der Waals surface area contributed by atoms with E-state index in [1.807, 2.05) is 23.9 Å². The predicted octanol–water partition coefficient (Wildman–Crippen LogP) is 3.42. The highest BCUT2D eigenvalue weighted by molar-refractivity contribution is 7.11. The van der Waals surface area contributed by atoms with E-state index in [9.17, 15) is 0 Å². The Morgan fingerprint density at radius 3 is 2.65 bits per heavy atom. The van der Waals surface area contributed by atoms with Gasteiger partial charge in [-0.05, 0) is 29.7 Å². The maximum absolute atomic E-state index is 4.32. The van der Waals surface area contributed by atoms with Crippen LogP contribution in [0.4, 0.5) is 0 Å². The van der Waals surface area contributed by atoms with E-state index in [1.54, 1.807) is 13.2 Å². The summed E-state index contributed by atoms with van der Waals surface area (Å²) in [5.41, 5.74) is 2.49. The predicted molar refractivity (Wildman–Crippen MR) is 109 cm³/mol. The number of aryl methyl sites for hydroxylation is 1. The quantitative estimate of drug-likeness (QED) is 0.497. The number of rotatable bonds is 7. The van der Waals surface area contributed by atoms with Crippen LogP contribution in [0.25, 0.3) is 0 Å². The highest BCUT2D eigenvalue weighted by Gasteiger charge is 2.03. The van der Waals surface area contributed by atoms with Gasteiger partial charge < -0.3 is 15.2 Å². The Morgan fingerprint density at radius 2 is 1.92 bits per heavy atom. The van der Waals surface area contributed by atoms with Gasteiger partial charge in [-0.3, -0.25) is 4.99 Å². The van der Waals surface area contributed by atoms with E-state index >= 15 is 0 Å². The fourth-order valence-corrected chi connectivity index (χ4v) is 3.61. The molecule has 0 amide bonds. The van der Waals surface area contributed by atoms with Gasteiger partial charge >= 0.3 is 0 Å². The largest absolute Gasteiger partial charge is 0.352 e. The third kappa shape index (κ3) is 5.20. The molecule has 0 aliphatic rings. The van der Waals surface area contributed by atoms with Crippen molar-refractivity contribution in [3.8, 4) is 0 Å². The monoisotopic (exact) mass is 367 g/mol. The molecule has 2 aromatic heterocycles. The Bertz CT molecular complexity index is 836. The molecule has 1 aromatic carbocycles. The van der Waals surface area contributed by atoms with Crippen LogP contribution < -0.4 is 10.6 Å². The first-order valence-electron chi connectivity index (χ1n) is 8.82. The summed E-state index contributed by atoms with van der Waals surface area (Å²) in [6.07, 6.45) is 6.71. The van der Waals surface area contributed by atoms with Crippen LogP contribution in [-0.4, -0.2) is 22.6 Å². The summed E-state index contributed by atoms with van der Waals surface area (Å²) in [6.45, 7) is 4.55. The van der Waals surface area contributed by atoms with Crippen LogP contribution in [0, 0.1) is 0 Å². The molecule has 26 heavy (non-hydrogen) atoms. The molecule has 3 aromatic rings. The highest BCUT2D eigenvalue weighted by atomic mass is 32.1. The summed E-state index contributed by atoms with van der Waals surface area (Å²) in [6, 6.07) is 13.0. The lowest BCUT2D eigenvalue weighted by molar-refractivity contribution is 0.788. The van der Waals surface area contributed by atoms with E-state index in [-0.39, 0.29) is 0 Å². The van der Waals surface area contributed by atoms with Crippen molar-refractivity contribution in [1.82, 2.24) is 20.2 Å². The first-order valence-corrected chi connectivity index (χ1v) is 9.64. The van der Waals surface area contributed by atoms with E-state index in [0.29, 0.717) is 0 Å². The second-order valence-electron chi connectivity index (χ2n) is 6.06. The first kappa shape index (κ1) is 18.2. The maximum Gasteiger partial charge on any atom is 0.191 e. The van der Waals surface area contributed by atoms with Crippen LogP contribution in [0.3, 0.4) is 0 Å². The number of nitrogens with zero attached hydrogens (tertiary/aromatic N) is 3. The molecule has 0 bridgehead atoms. The highest BCUT2D eigenvalue weighted by Crippen LogP contribution is 2.16. The minimum absolute atomic E-state index is 0.738. The number of benzene rings is 1. The molecule has 0 atom stereocenters. The number of nitrogens with one attached hydrogen (secondary N) is 2. The third-order valence-electron chi connectivity index (χ3n) is 4.10. The van der Waals surface area contributed by atoms with Gasteiger partial charge in [-0.1, -0.05) is 31.2 Å². The molecule has 0 unspecified atom stereocenters. The Kier molecular flexibility index (Phi) is 6.44. The molecule has 136 valence electrons. The zero-order valence-electron chi connectivity index (χ0n) is 15.3. The van der Waals surface area contributed by atoms with E-state index in [2.05, 4.69) is 68.5 Å². The normalized spacial score (nSPS) is 11.5. The fourth-order valence-electron chi connectivity index (χ4n) is 2.71. The van der Waals surface area contributed by atoms with Crippen LogP contribution in [0.15, 0.2) is 60.1 Å². The van der Waals surface area contributed by atoms with Gasteiger partial charge in [0.25, 0.3) is 0 Å². The fraction of sp³-hybridized carbons (Fsp3) is 0.300. The SMILES string of the molecule is CCc1ccc(CNC(=NC)NCc2cccc(Cn3ccnc3)c2)s1. The van der Waals surface area contributed by atoms with E-state index in [1.165, 1.54) is 20.9 Å². The second kappa shape index (κ2) is 9.20. The van der Waals surface area contributed by atoms with Crippen LogP contribution in [0.5, 0.6) is 0 Å². The van der Waals surface area contributed by atoms with Crippen molar-refractivity contribution >= 4 is 17.3 Å². The molecule has 0 saturated heterocycles. The summed E-state index contributed by atoms with van der Waals surface area (Å²) < 4.78 is 2.07. The summed E-state index contributed by atoms with van der Waals surface area (Å²) in [5.74, 6) is 0.816. The standard InChI is InChI=1S/C20H25N5S/c1-3-18-7-8-19(26-18)13-24-20(21-2)23-12-16-5-4-6-17(11-16)14-25-10-9-22-15-25/h4-11,15H,3,12-14H2,1-2H3,(H2,21,23,24). The summed E-state index contributed by atoms with van der Waals surface area (Å²) in [5, 5.41) is 6.77. The van der Waals surface area contributed by atoms with Gasteiger partial charge in [-0.25, -0.2) is 4.98 Å². The number of thiophene rings is 1. The lowest BCUT2D eigenvalue weighted by Gasteiger charge is -2.12. The lowest BCUT2D eigenvalue weighted by Crippen LogP contribution is -2.36. The molecule has 2 N–H and O–H groups in total. The minimum atomic E-state index is 0.738. The van der Waals surface area contributed by atoms with Crippen LogP contribution >= 0.6 is 11.3 Å². The summed E-state index contributed by atoms with van der Waals surface area (Å²) in [7, 11) is 1.80. The molecule has 0 fully saturated rings. The van der Waals surface area contributed by atoms with E-state index in [0.717, 1.165) is 32.0 Å². The number of hydrogen-bond donors (Lipinski definition) is 2. The molecule has 0 spiro atoms. The number of imidazole rings is 1. The Labute approximate surface area is 158 Å². The smallest absolute Gasteiger partial charge is 0.191 e. The average Bonchev–Trinajstić information content (AvgIpc) is 3.34. The van der Waals surface area contributed by atoms with Crippen molar-refractivity contribution in [2.24, 2.45) is 4.99 Å². The van der Waals surface area contributed by atoms with Crippen LogP contribution in [0.2, 0.25) is 0 Å². The number of guanidine groups is 1. The average molecular weight is 368 g/mol. The van der Waals surface area contributed by atoms with Gasteiger partial charge in [0.15, 0.2) is 5.96 Å². The van der Waals surface area contributed by atoms with Crippen molar-refractivity contribution in [3.05, 3.63) is 76.0 Å². The zero-order valence-corrected chi connectivity index (χ0v) is 16.1. The molecule has 0 aliphatic heterocycles. The molecule has 3 rings (SSSR count). The molecule has 2 heterocycles. The summed E-state index contributed by atoms with van der Waals surface area (Å²) in [4.78, 5) is 11.1. The van der Waals surface area contributed by atoms with Crippen molar-refractivity contribution in [1.29, 1.82) is 0 Å². The zero-order chi connectivity index (χ0) is 18.2. The van der Waals surface area contributed by atoms with Gasteiger partial charge in [0, 0.05) is 42.3 Å². The Hall–Kier alpha value is -2.60. The van der Waals surface area contributed by atoms with Gasteiger partial charge in [-0.15, -0.1) is 11.3 Å². The molecule has 5 nitrogen and oxygen atoms in total. The number of hydrogen-bond acceptors (Lipinski definition) is 3. The topological polar surface area (TPSA) is 54.2 Å². The van der Waals surface area contributed by atoms with Crippen LogP contribution in [0.1, 0.15) is 27.8 Å². The van der Waals surface area contributed by atoms with E-state index in [4.69, 9.17) is 0 Å². The Morgan fingerprint density at radius 1 is 1.12 bits per heavy atom. The molecule has 6 heteroatoms.